The van der Waals surface area contributed by atoms with Gasteiger partial charge in [0.15, 0.2) is 0 Å². The lowest BCUT2D eigenvalue weighted by molar-refractivity contribution is -0.109. The molecule has 0 radical (unpaired) electrons. The topological polar surface area (TPSA) is 74.3 Å². The van der Waals surface area contributed by atoms with Crippen molar-refractivity contribution in [1.82, 2.24) is 15.6 Å². The van der Waals surface area contributed by atoms with Gasteiger partial charge < -0.3 is 15.5 Å². The van der Waals surface area contributed by atoms with E-state index in [0.717, 1.165) is 17.9 Å². The van der Waals surface area contributed by atoms with Crippen molar-refractivity contribution in [3.63, 3.8) is 0 Å². The minimum atomic E-state index is -0.130. The van der Waals surface area contributed by atoms with Gasteiger partial charge in [-0.2, -0.15) is 0 Å². The summed E-state index contributed by atoms with van der Waals surface area (Å²) >= 11 is 0. The van der Waals surface area contributed by atoms with Crippen LogP contribution >= 0.6 is 0 Å². The second-order valence-corrected chi connectivity index (χ2v) is 6.14. The average Bonchev–Trinajstić information content (AvgIpc) is 2.97. The van der Waals surface area contributed by atoms with Crippen molar-refractivity contribution < 1.29 is 9.59 Å². The number of rotatable bonds is 7. The molecule has 0 bridgehead atoms. The van der Waals surface area contributed by atoms with E-state index in [1.165, 1.54) is 5.56 Å². The van der Waals surface area contributed by atoms with Crippen molar-refractivity contribution >= 4 is 23.8 Å². The van der Waals surface area contributed by atoms with Gasteiger partial charge in [-0.05, 0) is 43.5 Å². The summed E-state index contributed by atoms with van der Waals surface area (Å²) in [5.41, 5.74) is 3.04. The fourth-order valence-electron chi connectivity index (χ4n) is 3.16. The molecule has 6 nitrogen and oxygen atoms in total. The molecule has 1 aliphatic heterocycles. The maximum atomic E-state index is 12.3. The third-order valence-corrected chi connectivity index (χ3v) is 4.33. The summed E-state index contributed by atoms with van der Waals surface area (Å²) in [5.74, 6) is 0.655. The SMILES string of the molecule is CC1Cc2ccccc2N1c1cc(C(=O)NCCCNC=O)ccn1. The molecule has 1 aromatic heterocycles. The summed E-state index contributed by atoms with van der Waals surface area (Å²) < 4.78 is 0. The Morgan fingerprint density at radius 3 is 3.00 bits per heavy atom. The van der Waals surface area contributed by atoms with Crippen molar-refractivity contribution in [3.8, 4) is 0 Å². The Hall–Kier alpha value is -2.89. The molecule has 0 spiro atoms. The summed E-state index contributed by atoms with van der Waals surface area (Å²) in [7, 11) is 0. The minimum absolute atomic E-state index is 0.130. The van der Waals surface area contributed by atoms with Crippen LogP contribution in [0.15, 0.2) is 42.6 Å². The van der Waals surface area contributed by atoms with Gasteiger partial charge in [0.05, 0.1) is 0 Å². The van der Waals surface area contributed by atoms with Crippen LogP contribution in [0.5, 0.6) is 0 Å². The van der Waals surface area contributed by atoms with E-state index < -0.39 is 0 Å². The first-order valence-electron chi connectivity index (χ1n) is 8.49. The number of pyridine rings is 1. The van der Waals surface area contributed by atoms with E-state index in [1.807, 2.05) is 18.2 Å². The van der Waals surface area contributed by atoms with Crippen LogP contribution in [0.3, 0.4) is 0 Å². The number of benzene rings is 1. The molecular formula is C19H22N4O2. The van der Waals surface area contributed by atoms with E-state index in [0.29, 0.717) is 37.5 Å². The fraction of sp³-hybridized carbons (Fsp3) is 0.316. The molecular weight excluding hydrogens is 316 g/mol. The molecule has 0 saturated carbocycles. The lowest BCUT2D eigenvalue weighted by Crippen LogP contribution is -2.28. The second kappa shape index (κ2) is 7.79. The van der Waals surface area contributed by atoms with Crippen molar-refractivity contribution in [2.24, 2.45) is 0 Å². The molecule has 2 aromatic rings. The number of nitrogens with one attached hydrogen (secondary N) is 2. The zero-order chi connectivity index (χ0) is 17.6. The van der Waals surface area contributed by atoms with Gasteiger partial charge in [-0.3, -0.25) is 9.59 Å². The largest absolute Gasteiger partial charge is 0.359 e. The molecule has 2 heterocycles. The normalized spacial score (nSPS) is 15.6. The molecule has 6 heteroatoms. The number of nitrogens with zero attached hydrogens (tertiary/aromatic N) is 2. The second-order valence-electron chi connectivity index (χ2n) is 6.14. The molecule has 1 aromatic carbocycles. The van der Waals surface area contributed by atoms with Crippen LogP contribution in [-0.4, -0.2) is 36.4 Å². The van der Waals surface area contributed by atoms with E-state index >= 15 is 0 Å². The molecule has 1 unspecified atom stereocenters. The highest BCUT2D eigenvalue weighted by Gasteiger charge is 2.27. The quantitative estimate of drug-likeness (QED) is 0.598. The number of anilines is 2. The molecule has 3 rings (SSSR count). The van der Waals surface area contributed by atoms with Gasteiger partial charge in [-0.25, -0.2) is 4.98 Å². The molecule has 25 heavy (non-hydrogen) atoms. The molecule has 0 saturated heterocycles. The van der Waals surface area contributed by atoms with Crippen molar-refractivity contribution in [1.29, 1.82) is 0 Å². The Morgan fingerprint density at radius 1 is 1.32 bits per heavy atom. The summed E-state index contributed by atoms with van der Waals surface area (Å²) in [6.07, 6.45) is 3.99. The monoisotopic (exact) mass is 338 g/mol. The van der Waals surface area contributed by atoms with Crippen LogP contribution in [0.1, 0.15) is 29.3 Å². The smallest absolute Gasteiger partial charge is 0.251 e. The zero-order valence-corrected chi connectivity index (χ0v) is 14.2. The van der Waals surface area contributed by atoms with E-state index in [-0.39, 0.29) is 5.91 Å². The molecule has 0 fully saturated rings. The Labute approximate surface area is 147 Å². The van der Waals surface area contributed by atoms with Crippen molar-refractivity contribution in [3.05, 3.63) is 53.7 Å². The average molecular weight is 338 g/mol. The third kappa shape index (κ3) is 3.79. The van der Waals surface area contributed by atoms with Crippen LogP contribution in [0.25, 0.3) is 0 Å². The van der Waals surface area contributed by atoms with Crippen LogP contribution in [-0.2, 0) is 11.2 Å². The fourth-order valence-corrected chi connectivity index (χ4v) is 3.16. The third-order valence-electron chi connectivity index (χ3n) is 4.33. The first-order chi connectivity index (χ1) is 12.2. The predicted octanol–water partition coefficient (Wildman–Crippen LogP) is 2.03. The van der Waals surface area contributed by atoms with E-state index in [1.54, 1.807) is 12.3 Å². The lowest BCUT2D eigenvalue weighted by Gasteiger charge is -2.24. The number of amides is 2. The van der Waals surface area contributed by atoms with Crippen LogP contribution in [0, 0.1) is 0 Å². The Bertz CT molecular complexity index is 763. The molecule has 1 atom stereocenters. The molecule has 1 aliphatic rings. The van der Waals surface area contributed by atoms with Gasteiger partial charge in [0.25, 0.3) is 5.91 Å². The Morgan fingerprint density at radius 2 is 2.16 bits per heavy atom. The van der Waals surface area contributed by atoms with Crippen molar-refractivity contribution in [2.75, 3.05) is 18.0 Å². The number of hydrogen-bond acceptors (Lipinski definition) is 4. The van der Waals surface area contributed by atoms with Gasteiger partial charge in [-0.1, -0.05) is 18.2 Å². The number of para-hydroxylation sites is 1. The number of carbonyl (C=O) groups excluding carboxylic acids is 2. The van der Waals surface area contributed by atoms with E-state index in [2.05, 4.69) is 39.6 Å². The van der Waals surface area contributed by atoms with Crippen LogP contribution in [0.2, 0.25) is 0 Å². The zero-order valence-electron chi connectivity index (χ0n) is 14.2. The number of carbonyl (C=O) groups is 2. The number of aromatic nitrogens is 1. The number of hydrogen-bond donors (Lipinski definition) is 2. The summed E-state index contributed by atoms with van der Waals surface area (Å²) in [6, 6.07) is 12.1. The van der Waals surface area contributed by atoms with E-state index in [9.17, 15) is 9.59 Å². The van der Waals surface area contributed by atoms with Crippen molar-refractivity contribution in [2.45, 2.75) is 25.8 Å². The van der Waals surface area contributed by atoms with Gasteiger partial charge in [0.2, 0.25) is 6.41 Å². The lowest BCUT2D eigenvalue weighted by atomic mass is 10.1. The summed E-state index contributed by atoms with van der Waals surface area (Å²) in [6.45, 7) is 3.22. The number of fused-ring (bicyclic) bond motifs is 1. The summed E-state index contributed by atoms with van der Waals surface area (Å²) in [5, 5.41) is 5.44. The van der Waals surface area contributed by atoms with E-state index in [4.69, 9.17) is 0 Å². The molecule has 130 valence electrons. The summed E-state index contributed by atoms with van der Waals surface area (Å²) in [4.78, 5) is 29.2. The molecule has 2 amide bonds. The maximum Gasteiger partial charge on any atom is 0.251 e. The highest BCUT2D eigenvalue weighted by atomic mass is 16.1. The molecule has 0 aliphatic carbocycles. The van der Waals surface area contributed by atoms with Gasteiger partial charge in [0.1, 0.15) is 5.82 Å². The highest BCUT2D eigenvalue weighted by molar-refractivity contribution is 5.95. The first kappa shape index (κ1) is 17.0. The van der Waals surface area contributed by atoms with Gasteiger partial charge in [0, 0.05) is 36.6 Å². The standard InChI is InChI=1S/C19H22N4O2/c1-14-11-15-5-2-3-6-17(15)23(14)18-12-16(7-10-21-18)19(25)22-9-4-8-20-13-24/h2-3,5-7,10,12-14H,4,8-9,11H2,1H3,(H,20,24)(H,22,25). The molecule has 2 N–H and O–H groups in total. The highest BCUT2D eigenvalue weighted by Crippen LogP contribution is 2.37. The Balaban J connectivity index is 1.71. The van der Waals surface area contributed by atoms with Crippen LogP contribution < -0.4 is 15.5 Å². The van der Waals surface area contributed by atoms with Gasteiger partial charge in [-0.15, -0.1) is 0 Å². The first-order valence-corrected chi connectivity index (χ1v) is 8.49. The Kier molecular flexibility index (Phi) is 5.28. The maximum absolute atomic E-state index is 12.3. The minimum Gasteiger partial charge on any atom is -0.359 e. The van der Waals surface area contributed by atoms with Crippen LogP contribution in [0.4, 0.5) is 11.5 Å². The van der Waals surface area contributed by atoms with Gasteiger partial charge >= 0.3 is 0 Å². The predicted molar refractivity (Wildman–Crippen MR) is 97.0 cm³/mol.